The zero-order chi connectivity index (χ0) is 7.68. The van der Waals surface area contributed by atoms with Crippen LogP contribution in [0.15, 0.2) is 23.1 Å². The van der Waals surface area contributed by atoms with Crippen LogP contribution in [-0.4, -0.2) is 9.97 Å². The first kappa shape index (κ1) is 6.34. The van der Waals surface area contributed by atoms with Gasteiger partial charge in [-0.3, -0.25) is 0 Å². The molecule has 0 saturated carbocycles. The van der Waals surface area contributed by atoms with Crippen molar-refractivity contribution in [3.05, 3.63) is 24.4 Å². The van der Waals surface area contributed by atoms with Gasteiger partial charge in [-0.25, -0.2) is 9.97 Å². The molecule has 2 rings (SSSR count). The summed E-state index contributed by atoms with van der Waals surface area (Å²) in [6, 6.07) is 0. The molecular formula is C8H8N2O. The molecule has 0 bridgehead atoms. The van der Waals surface area contributed by atoms with Gasteiger partial charge in [0.25, 0.3) is 0 Å². The molecule has 0 aromatic carbocycles. The molecular weight excluding hydrogens is 140 g/mol. The van der Waals surface area contributed by atoms with Crippen LogP contribution >= 0.6 is 0 Å². The van der Waals surface area contributed by atoms with Crippen LogP contribution in [0.4, 0.5) is 0 Å². The van der Waals surface area contributed by atoms with Crippen LogP contribution < -0.4 is 0 Å². The summed E-state index contributed by atoms with van der Waals surface area (Å²) in [5.74, 6) is 0.910. The molecule has 0 amide bonds. The average Bonchev–Trinajstić information content (AvgIpc) is 2.47. The molecule has 0 atom stereocenters. The van der Waals surface area contributed by atoms with Crippen LogP contribution in [0.5, 0.6) is 0 Å². The summed E-state index contributed by atoms with van der Waals surface area (Å²) >= 11 is 0. The maximum atomic E-state index is 5.24. The van der Waals surface area contributed by atoms with Gasteiger partial charge < -0.3 is 4.42 Å². The van der Waals surface area contributed by atoms with Crippen LogP contribution in [-0.2, 0) is 6.42 Å². The minimum Gasteiger partial charge on any atom is -0.465 e. The molecule has 2 aromatic rings. The Kier molecular flexibility index (Phi) is 1.35. The molecule has 0 aliphatic carbocycles. The summed E-state index contributed by atoms with van der Waals surface area (Å²) in [6.07, 6.45) is 5.84. The van der Waals surface area contributed by atoms with Crippen LogP contribution in [0.2, 0.25) is 0 Å². The molecule has 3 heteroatoms. The van der Waals surface area contributed by atoms with E-state index in [4.69, 9.17) is 4.42 Å². The van der Waals surface area contributed by atoms with Crippen LogP contribution in [0, 0.1) is 0 Å². The lowest BCUT2D eigenvalue weighted by atomic mass is 10.3. The molecule has 0 fully saturated rings. The fourth-order valence-corrected chi connectivity index (χ4v) is 1.08. The maximum absolute atomic E-state index is 5.24. The fraction of sp³-hybridized carbons (Fsp3) is 0.250. The van der Waals surface area contributed by atoms with Gasteiger partial charge in [0.2, 0.25) is 0 Å². The van der Waals surface area contributed by atoms with Gasteiger partial charge in [0.1, 0.15) is 23.1 Å². The Hall–Kier alpha value is -1.38. The zero-order valence-corrected chi connectivity index (χ0v) is 6.24. The molecule has 0 spiro atoms. The third-order valence-corrected chi connectivity index (χ3v) is 1.62. The van der Waals surface area contributed by atoms with Gasteiger partial charge in [-0.1, -0.05) is 6.92 Å². The van der Waals surface area contributed by atoms with E-state index in [0.717, 1.165) is 23.2 Å². The Morgan fingerprint density at radius 3 is 3.00 bits per heavy atom. The molecule has 0 aliphatic rings. The molecule has 0 radical (unpaired) electrons. The van der Waals surface area contributed by atoms with E-state index in [0.29, 0.717) is 0 Å². The predicted molar refractivity (Wildman–Crippen MR) is 41.2 cm³/mol. The maximum Gasteiger partial charge on any atom is 0.131 e. The zero-order valence-electron chi connectivity index (χ0n) is 6.24. The van der Waals surface area contributed by atoms with E-state index in [1.165, 1.54) is 0 Å². The fourth-order valence-electron chi connectivity index (χ4n) is 1.08. The molecule has 11 heavy (non-hydrogen) atoms. The van der Waals surface area contributed by atoms with Gasteiger partial charge in [0.15, 0.2) is 0 Å². The Labute approximate surface area is 64.1 Å². The van der Waals surface area contributed by atoms with Crippen molar-refractivity contribution in [2.45, 2.75) is 13.3 Å². The standard InChI is InChI=1S/C8H8N2O/c1-2-7-8-6(5-11-7)9-3-4-10-8/h3-5H,2H2,1H3. The molecule has 3 nitrogen and oxygen atoms in total. The molecule has 0 saturated heterocycles. The monoisotopic (exact) mass is 148 g/mol. The lowest BCUT2D eigenvalue weighted by molar-refractivity contribution is 0.520. The van der Waals surface area contributed by atoms with Crippen molar-refractivity contribution in [3.63, 3.8) is 0 Å². The summed E-state index contributed by atoms with van der Waals surface area (Å²) in [7, 11) is 0. The first-order chi connectivity index (χ1) is 5.42. The second-order valence-electron chi connectivity index (χ2n) is 2.30. The van der Waals surface area contributed by atoms with Crippen LogP contribution in [0.25, 0.3) is 11.0 Å². The number of fused-ring (bicyclic) bond motifs is 1. The predicted octanol–water partition coefficient (Wildman–Crippen LogP) is 1.79. The van der Waals surface area contributed by atoms with Crippen LogP contribution in [0.3, 0.4) is 0 Å². The van der Waals surface area contributed by atoms with Gasteiger partial charge in [0.05, 0.1) is 0 Å². The van der Waals surface area contributed by atoms with Gasteiger partial charge >= 0.3 is 0 Å². The second kappa shape index (κ2) is 2.34. The molecule has 0 N–H and O–H groups in total. The van der Waals surface area contributed by atoms with E-state index in [-0.39, 0.29) is 0 Å². The van der Waals surface area contributed by atoms with Gasteiger partial charge in [-0.15, -0.1) is 0 Å². The Bertz CT molecular complexity index is 367. The molecule has 0 unspecified atom stereocenters. The largest absolute Gasteiger partial charge is 0.465 e. The third-order valence-electron chi connectivity index (χ3n) is 1.62. The summed E-state index contributed by atoms with van der Waals surface area (Å²) in [5.41, 5.74) is 1.72. The van der Waals surface area contributed by atoms with E-state index in [9.17, 15) is 0 Å². The Morgan fingerprint density at radius 1 is 1.36 bits per heavy atom. The quantitative estimate of drug-likeness (QED) is 0.618. The van der Waals surface area contributed by atoms with Crippen molar-refractivity contribution >= 4 is 11.0 Å². The Balaban J connectivity index is 2.76. The van der Waals surface area contributed by atoms with E-state index < -0.39 is 0 Å². The second-order valence-corrected chi connectivity index (χ2v) is 2.30. The summed E-state index contributed by atoms with van der Waals surface area (Å²) < 4.78 is 5.24. The minimum atomic E-state index is 0.837. The number of nitrogens with zero attached hydrogens (tertiary/aromatic N) is 2. The first-order valence-electron chi connectivity index (χ1n) is 3.59. The van der Waals surface area contributed by atoms with Crippen molar-refractivity contribution in [3.8, 4) is 0 Å². The smallest absolute Gasteiger partial charge is 0.131 e. The van der Waals surface area contributed by atoms with Gasteiger partial charge in [-0.05, 0) is 0 Å². The average molecular weight is 148 g/mol. The number of hydrogen-bond donors (Lipinski definition) is 0. The lowest BCUT2D eigenvalue weighted by Crippen LogP contribution is -1.80. The van der Waals surface area contributed by atoms with E-state index in [1.807, 2.05) is 6.92 Å². The third kappa shape index (κ3) is 0.888. The van der Waals surface area contributed by atoms with E-state index in [2.05, 4.69) is 9.97 Å². The van der Waals surface area contributed by atoms with Gasteiger partial charge in [-0.2, -0.15) is 0 Å². The summed E-state index contributed by atoms with van der Waals surface area (Å²) in [5, 5.41) is 0. The Morgan fingerprint density at radius 2 is 2.18 bits per heavy atom. The van der Waals surface area contributed by atoms with Crippen molar-refractivity contribution < 1.29 is 4.42 Å². The van der Waals surface area contributed by atoms with Crippen molar-refractivity contribution in [2.24, 2.45) is 0 Å². The number of aromatic nitrogens is 2. The highest BCUT2D eigenvalue weighted by molar-refractivity contribution is 5.75. The van der Waals surface area contributed by atoms with Crippen molar-refractivity contribution in [2.75, 3.05) is 0 Å². The molecule has 56 valence electrons. The van der Waals surface area contributed by atoms with Crippen LogP contribution in [0.1, 0.15) is 12.7 Å². The SMILES string of the molecule is CCc1occ2nccnc12. The molecule has 0 aliphatic heterocycles. The molecule has 2 aromatic heterocycles. The first-order valence-corrected chi connectivity index (χ1v) is 3.59. The topological polar surface area (TPSA) is 38.9 Å². The van der Waals surface area contributed by atoms with Crippen molar-refractivity contribution in [1.29, 1.82) is 0 Å². The highest BCUT2D eigenvalue weighted by Crippen LogP contribution is 2.15. The number of aryl methyl sites for hydroxylation is 1. The summed E-state index contributed by atoms with van der Waals surface area (Å²) in [4.78, 5) is 8.25. The minimum absolute atomic E-state index is 0.837. The van der Waals surface area contributed by atoms with E-state index >= 15 is 0 Å². The highest BCUT2D eigenvalue weighted by Gasteiger charge is 2.03. The normalized spacial score (nSPS) is 10.6. The highest BCUT2D eigenvalue weighted by atomic mass is 16.3. The lowest BCUT2D eigenvalue weighted by Gasteiger charge is -1.87. The number of furan rings is 1. The van der Waals surface area contributed by atoms with Crippen molar-refractivity contribution in [1.82, 2.24) is 9.97 Å². The summed E-state index contributed by atoms with van der Waals surface area (Å²) in [6.45, 7) is 2.03. The van der Waals surface area contributed by atoms with E-state index in [1.54, 1.807) is 18.7 Å². The van der Waals surface area contributed by atoms with Gasteiger partial charge in [0, 0.05) is 18.8 Å². The number of hydrogen-bond acceptors (Lipinski definition) is 3. The number of rotatable bonds is 1. The molecule has 2 heterocycles.